The molecule has 0 spiro atoms. The van der Waals surface area contributed by atoms with E-state index in [9.17, 15) is 14.4 Å². The maximum absolute atomic E-state index is 12.9. The van der Waals surface area contributed by atoms with E-state index in [-0.39, 0.29) is 48.4 Å². The first-order valence-electron chi connectivity index (χ1n) is 11.9. The van der Waals surface area contributed by atoms with E-state index >= 15 is 0 Å². The van der Waals surface area contributed by atoms with Gasteiger partial charge in [0.05, 0.1) is 0 Å². The van der Waals surface area contributed by atoms with Crippen molar-refractivity contribution in [1.29, 1.82) is 0 Å². The van der Waals surface area contributed by atoms with Crippen molar-refractivity contribution in [2.75, 3.05) is 19.7 Å². The molecule has 3 rings (SSSR count). The standard InChI is InChI=1S/C25H37N3O4/c1-17(2)24(30)26-21-9-6-14-27(15-21)25(31)20-10-12-22(13-11-20)32-16-23(29)28-18(3)7-5-8-19(28)4/h10-13,17-19,21H,5-9,14-16H2,1-4H3,(H,26,30). The first kappa shape index (κ1) is 24.1. The minimum Gasteiger partial charge on any atom is -0.484 e. The Morgan fingerprint density at radius 3 is 2.31 bits per heavy atom. The number of carbonyl (C=O) groups is 3. The van der Waals surface area contributed by atoms with E-state index in [0.717, 1.165) is 32.1 Å². The topological polar surface area (TPSA) is 79.0 Å². The van der Waals surface area contributed by atoms with Crippen molar-refractivity contribution in [3.05, 3.63) is 29.8 Å². The number of carbonyl (C=O) groups excluding carboxylic acids is 3. The monoisotopic (exact) mass is 443 g/mol. The normalized spacial score (nSPS) is 23.7. The van der Waals surface area contributed by atoms with Crippen LogP contribution in [0, 0.1) is 5.92 Å². The summed E-state index contributed by atoms with van der Waals surface area (Å²) in [5.74, 6) is 0.489. The van der Waals surface area contributed by atoms with Gasteiger partial charge in [0.25, 0.3) is 11.8 Å². The van der Waals surface area contributed by atoms with E-state index in [1.807, 2.05) is 18.7 Å². The van der Waals surface area contributed by atoms with E-state index in [2.05, 4.69) is 19.2 Å². The molecule has 2 fully saturated rings. The Morgan fingerprint density at radius 1 is 1.03 bits per heavy atom. The third-order valence-electron chi connectivity index (χ3n) is 6.52. The predicted molar refractivity (Wildman–Crippen MR) is 123 cm³/mol. The number of likely N-dealkylation sites (tertiary alicyclic amines) is 2. The Kier molecular flexibility index (Phi) is 8.15. The molecule has 0 bridgehead atoms. The maximum atomic E-state index is 12.9. The molecule has 0 radical (unpaired) electrons. The second kappa shape index (κ2) is 10.8. The lowest BCUT2D eigenvalue weighted by Crippen LogP contribution is -2.50. The Morgan fingerprint density at radius 2 is 1.69 bits per heavy atom. The highest BCUT2D eigenvalue weighted by molar-refractivity contribution is 5.94. The summed E-state index contributed by atoms with van der Waals surface area (Å²) in [6.45, 7) is 9.13. The minimum atomic E-state index is -0.0677. The Labute approximate surface area is 191 Å². The van der Waals surface area contributed by atoms with Crippen molar-refractivity contribution in [3.8, 4) is 5.75 Å². The molecule has 1 aromatic carbocycles. The van der Waals surface area contributed by atoms with E-state index in [0.29, 0.717) is 24.4 Å². The molecular formula is C25H37N3O4. The van der Waals surface area contributed by atoms with Crippen LogP contribution in [0.25, 0.3) is 0 Å². The van der Waals surface area contributed by atoms with Crippen LogP contribution in [0.5, 0.6) is 5.75 Å². The summed E-state index contributed by atoms with van der Waals surface area (Å²) in [6.07, 6.45) is 4.98. The summed E-state index contributed by atoms with van der Waals surface area (Å²) in [7, 11) is 0. The van der Waals surface area contributed by atoms with Crippen LogP contribution >= 0.6 is 0 Å². The summed E-state index contributed by atoms with van der Waals surface area (Å²) in [6, 6.07) is 7.45. The van der Waals surface area contributed by atoms with Gasteiger partial charge in [0.1, 0.15) is 5.75 Å². The summed E-state index contributed by atoms with van der Waals surface area (Å²) >= 11 is 0. The van der Waals surface area contributed by atoms with Crippen molar-refractivity contribution < 1.29 is 19.1 Å². The second-order valence-electron chi connectivity index (χ2n) is 9.50. The lowest BCUT2D eigenvalue weighted by Gasteiger charge is -2.38. The Hall–Kier alpha value is -2.57. The molecule has 7 heteroatoms. The smallest absolute Gasteiger partial charge is 0.260 e. The third kappa shape index (κ3) is 6.02. The van der Waals surface area contributed by atoms with Gasteiger partial charge in [0, 0.05) is 42.7 Å². The summed E-state index contributed by atoms with van der Waals surface area (Å²) in [5.41, 5.74) is 0.581. The highest BCUT2D eigenvalue weighted by Gasteiger charge is 2.29. The lowest BCUT2D eigenvalue weighted by atomic mass is 9.97. The number of ether oxygens (including phenoxy) is 1. The average Bonchev–Trinajstić information content (AvgIpc) is 2.77. The van der Waals surface area contributed by atoms with Gasteiger partial charge in [-0.25, -0.2) is 0 Å². The van der Waals surface area contributed by atoms with Crippen LogP contribution in [0.4, 0.5) is 0 Å². The van der Waals surface area contributed by atoms with Gasteiger partial charge in [-0.1, -0.05) is 13.8 Å². The fraction of sp³-hybridized carbons (Fsp3) is 0.640. The summed E-state index contributed by atoms with van der Waals surface area (Å²) in [4.78, 5) is 41.3. The molecule has 32 heavy (non-hydrogen) atoms. The molecule has 2 aliphatic heterocycles. The molecule has 3 atom stereocenters. The highest BCUT2D eigenvalue weighted by atomic mass is 16.5. The molecule has 0 aliphatic carbocycles. The van der Waals surface area contributed by atoms with Crippen LogP contribution < -0.4 is 10.1 Å². The van der Waals surface area contributed by atoms with Crippen LogP contribution in [0.1, 0.15) is 70.2 Å². The van der Waals surface area contributed by atoms with Crippen molar-refractivity contribution in [2.24, 2.45) is 5.92 Å². The quantitative estimate of drug-likeness (QED) is 0.732. The van der Waals surface area contributed by atoms with Gasteiger partial charge < -0.3 is 19.9 Å². The summed E-state index contributed by atoms with van der Waals surface area (Å²) < 4.78 is 5.72. The fourth-order valence-electron chi connectivity index (χ4n) is 4.66. The van der Waals surface area contributed by atoms with Crippen LogP contribution in [-0.4, -0.2) is 65.3 Å². The molecule has 3 unspecified atom stereocenters. The van der Waals surface area contributed by atoms with Crippen molar-refractivity contribution in [1.82, 2.24) is 15.1 Å². The molecule has 7 nitrogen and oxygen atoms in total. The van der Waals surface area contributed by atoms with Gasteiger partial charge in [-0.15, -0.1) is 0 Å². The highest BCUT2D eigenvalue weighted by Crippen LogP contribution is 2.23. The molecule has 176 valence electrons. The number of nitrogens with one attached hydrogen (secondary N) is 1. The van der Waals surface area contributed by atoms with Crippen molar-refractivity contribution in [2.45, 2.75) is 77.9 Å². The Bertz CT molecular complexity index is 798. The zero-order chi connectivity index (χ0) is 23.3. The fourth-order valence-corrected chi connectivity index (χ4v) is 4.66. The average molecular weight is 444 g/mol. The molecule has 2 heterocycles. The van der Waals surface area contributed by atoms with Gasteiger partial charge in [-0.05, 0) is 70.2 Å². The number of amides is 3. The molecule has 2 saturated heterocycles. The van der Waals surface area contributed by atoms with E-state index in [1.54, 1.807) is 29.2 Å². The van der Waals surface area contributed by atoms with E-state index in [1.165, 1.54) is 0 Å². The van der Waals surface area contributed by atoms with Gasteiger partial charge in [-0.3, -0.25) is 14.4 Å². The number of hydrogen-bond donors (Lipinski definition) is 1. The van der Waals surface area contributed by atoms with Crippen LogP contribution in [0.3, 0.4) is 0 Å². The number of rotatable bonds is 6. The van der Waals surface area contributed by atoms with Crippen LogP contribution in [0.15, 0.2) is 24.3 Å². The molecule has 1 N–H and O–H groups in total. The minimum absolute atomic E-state index is 0.00390. The molecule has 3 amide bonds. The van der Waals surface area contributed by atoms with Gasteiger partial charge in [0.15, 0.2) is 6.61 Å². The zero-order valence-corrected chi connectivity index (χ0v) is 19.8. The number of benzene rings is 1. The third-order valence-corrected chi connectivity index (χ3v) is 6.52. The van der Waals surface area contributed by atoms with Crippen molar-refractivity contribution in [3.63, 3.8) is 0 Å². The second-order valence-corrected chi connectivity index (χ2v) is 9.50. The largest absolute Gasteiger partial charge is 0.484 e. The summed E-state index contributed by atoms with van der Waals surface area (Å²) in [5, 5.41) is 3.04. The number of nitrogens with zero attached hydrogens (tertiary/aromatic N) is 2. The Balaban J connectivity index is 1.53. The first-order chi connectivity index (χ1) is 15.3. The number of hydrogen-bond acceptors (Lipinski definition) is 4. The molecule has 0 saturated carbocycles. The first-order valence-corrected chi connectivity index (χ1v) is 11.9. The molecule has 0 aromatic heterocycles. The van der Waals surface area contributed by atoms with Gasteiger partial charge in [0.2, 0.25) is 5.91 Å². The van der Waals surface area contributed by atoms with Crippen LogP contribution in [-0.2, 0) is 9.59 Å². The lowest BCUT2D eigenvalue weighted by molar-refractivity contribution is -0.139. The molecule has 2 aliphatic rings. The molecule has 1 aromatic rings. The SMILES string of the molecule is CC(C)C(=O)NC1CCCN(C(=O)c2ccc(OCC(=O)N3C(C)CCCC3C)cc2)C1. The van der Waals surface area contributed by atoms with Gasteiger partial charge >= 0.3 is 0 Å². The number of piperidine rings is 2. The van der Waals surface area contributed by atoms with Gasteiger partial charge in [-0.2, -0.15) is 0 Å². The van der Waals surface area contributed by atoms with E-state index < -0.39 is 0 Å². The predicted octanol–water partition coefficient (Wildman–Crippen LogP) is 3.23. The van der Waals surface area contributed by atoms with Crippen LogP contribution in [0.2, 0.25) is 0 Å². The zero-order valence-electron chi connectivity index (χ0n) is 19.8. The van der Waals surface area contributed by atoms with E-state index in [4.69, 9.17) is 4.74 Å². The van der Waals surface area contributed by atoms with Crippen molar-refractivity contribution >= 4 is 17.7 Å². The molecular weight excluding hydrogens is 406 g/mol. The maximum Gasteiger partial charge on any atom is 0.260 e.